The first-order valence-electron chi connectivity index (χ1n) is 3.71. The van der Waals surface area contributed by atoms with Crippen molar-refractivity contribution in [2.75, 3.05) is 17.3 Å². The molecular formula is C8H12O2S2. The molecule has 0 aromatic heterocycles. The second kappa shape index (κ2) is 4.82. The van der Waals surface area contributed by atoms with Crippen molar-refractivity contribution in [2.45, 2.75) is 12.4 Å². The highest BCUT2D eigenvalue weighted by Crippen LogP contribution is 2.26. The van der Waals surface area contributed by atoms with Gasteiger partial charge in [-0.1, -0.05) is 12.2 Å². The van der Waals surface area contributed by atoms with Crippen molar-refractivity contribution < 1.29 is 9.53 Å². The molecule has 68 valence electrons. The molecule has 4 heteroatoms. The first kappa shape index (κ1) is 9.99. The van der Waals surface area contributed by atoms with Gasteiger partial charge in [0, 0.05) is 24.2 Å². The average molecular weight is 204 g/mol. The Labute approximate surface area is 81.1 Å². The third-order valence-corrected chi connectivity index (χ3v) is 3.90. The van der Waals surface area contributed by atoms with Gasteiger partial charge in [-0.25, -0.2) is 0 Å². The maximum absolute atomic E-state index is 10.6. The van der Waals surface area contributed by atoms with Gasteiger partial charge in [0.25, 0.3) is 0 Å². The zero-order valence-electron chi connectivity index (χ0n) is 7.04. The first-order chi connectivity index (χ1) is 5.68. The Kier molecular flexibility index (Phi) is 4.01. The number of hydrogen-bond donors (Lipinski definition) is 0. The Morgan fingerprint density at radius 2 is 2.42 bits per heavy atom. The smallest absolute Gasteiger partial charge is 0.303 e. The molecule has 0 spiro atoms. The van der Waals surface area contributed by atoms with Crippen LogP contribution in [0.2, 0.25) is 0 Å². The second-order valence-electron chi connectivity index (χ2n) is 2.62. The lowest BCUT2D eigenvalue weighted by Gasteiger charge is -2.12. The molecule has 1 heterocycles. The summed E-state index contributed by atoms with van der Waals surface area (Å²) in [4.78, 5) is 10.6. The highest BCUT2D eigenvalue weighted by Gasteiger charge is 2.16. The molecule has 1 unspecified atom stereocenters. The lowest BCUT2D eigenvalue weighted by Crippen LogP contribution is -2.14. The monoisotopic (exact) mass is 204 g/mol. The largest absolute Gasteiger partial charge is 0.451 e. The summed E-state index contributed by atoms with van der Waals surface area (Å²) < 4.78 is 5.08. The zero-order chi connectivity index (χ0) is 8.97. The summed E-state index contributed by atoms with van der Waals surface area (Å²) in [5, 5.41) is 0. The van der Waals surface area contributed by atoms with E-state index in [2.05, 4.69) is 6.58 Å². The maximum Gasteiger partial charge on any atom is 0.303 e. The van der Waals surface area contributed by atoms with Gasteiger partial charge in [-0.3, -0.25) is 4.79 Å². The molecule has 0 aliphatic carbocycles. The van der Waals surface area contributed by atoms with Crippen molar-refractivity contribution in [3.63, 3.8) is 0 Å². The molecule has 1 aliphatic heterocycles. The van der Waals surface area contributed by atoms with Gasteiger partial charge in [-0.05, 0) is 0 Å². The zero-order valence-corrected chi connectivity index (χ0v) is 8.67. The molecule has 0 bridgehead atoms. The summed E-state index contributed by atoms with van der Waals surface area (Å²) in [6.45, 7) is 5.35. The third kappa shape index (κ3) is 3.54. The van der Waals surface area contributed by atoms with Crippen LogP contribution in [0.15, 0.2) is 12.2 Å². The van der Waals surface area contributed by atoms with E-state index in [-0.39, 0.29) is 11.4 Å². The molecule has 1 saturated heterocycles. The molecule has 1 rings (SSSR count). The molecule has 1 aliphatic rings. The van der Waals surface area contributed by atoms with E-state index >= 15 is 0 Å². The summed E-state index contributed by atoms with van der Waals surface area (Å²) in [7, 11) is 0. The van der Waals surface area contributed by atoms with E-state index < -0.39 is 0 Å². The molecule has 0 N–H and O–H groups in total. The molecule has 1 atom stereocenters. The van der Waals surface area contributed by atoms with E-state index in [1.165, 1.54) is 12.5 Å². The fourth-order valence-corrected chi connectivity index (χ4v) is 3.15. The lowest BCUT2D eigenvalue weighted by atomic mass is 10.4. The average Bonchev–Trinajstić information content (AvgIpc) is 2.15. The van der Waals surface area contributed by atoms with Crippen molar-refractivity contribution in [1.29, 1.82) is 0 Å². The van der Waals surface area contributed by atoms with Gasteiger partial charge in [0.2, 0.25) is 0 Å². The number of esters is 1. The molecule has 0 radical (unpaired) electrons. The quantitative estimate of drug-likeness (QED) is 0.481. The summed E-state index contributed by atoms with van der Waals surface area (Å²) >= 11 is 3.43. The van der Waals surface area contributed by atoms with E-state index in [0.717, 1.165) is 17.3 Å². The van der Waals surface area contributed by atoms with Gasteiger partial charge in [-0.2, -0.15) is 11.8 Å². The van der Waals surface area contributed by atoms with Crippen LogP contribution >= 0.6 is 23.5 Å². The van der Waals surface area contributed by atoms with Gasteiger partial charge in [0.05, 0.1) is 0 Å². The Morgan fingerprint density at radius 3 is 3.08 bits per heavy atom. The summed E-state index contributed by atoms with van der Waals surface area (Å²) in [5.74, 6) is 2.58. The van der Waals surface area contributed by atoms with E-state index in [0.29, 0.717) is 0 Å². The highest BCUT2D eigenvalue weighted by molar-refractivity contribution is 8.04. The summed E-state index contributed by atoms with van der Waals surface area (Å²) in [5.41, 5.74) is 1.24. The molecular weight excluding hydrogens is 192 g/mol. The van der Waals surface area contributed by atoms with Crippen LogP contribution in [0.3, 0.4) is 0 Å². The van der Waals surface area contributed by atoms with Crippen LogP contribution in [-0.2, 0) is 9.53 Å². The molecule has 0 amide bonds. The highest BCUT2D eigenvalue weighted by atomic mass is 32.2. The number of carbonyl (C=O) groups is 1. The predicted octanol–water partition coefficient (Wildman–Crippen LogP) is 1.91. The minimum absolute atomic E-state index is 0.0201. The van der Waals surface area contributed by atoms with Crippen LogP contribution in [-0.4, -0.2) is 28.7 Å². The van der Waals surface area contributed by atoms with E-state index in [1.54, 1.807) is 23.5 Å². The molecule has 0 aromatic carbocycles. The number of ether oxygens (including phenoxy) is 1. The van der Waals surface area contributed by atoms with Crippen LogP contribution in [0.25, 0.3) is 0 Å². The van der Waals surface area contributed by atoms with Crippen LogP contribution in [0.5, 0.6) is 0 Å². The van der Waals surface area contributed by atoms with Gasteiger partial charge >= 0.3 is 5.97 Å². The van der Waals surface area contributed by atoms with Gasteiger partial charge < -0.3 is 4.74 Å². The minimum Gasteiger partial charge on any atom is -0.451 e. The third-order valence-electron chi connectivity index (χ3n) is 1.33. The SMILES string of the molecule is C=C1CSCC(OC(C)=O)SC1. The van der Waals surface area contributed by atoms with Crippen LogP contribution < -0.4 is 0 Å². The second-order valence-corrected chi connectivity index (χ2v) is 4.79. The molecule has 0 aromatic rings. The van der Waals surface area contributed by atoms with Gasteiger partial charge in [0.15, 0.2) is 5.44 Å². The standard InChI is InChI=1S/C8H12O2S2/c1-6-3-11-5-8(12-4-6)10-7(2)9/h8H,1,3-5H2,2H3. The van der Waals surface area contributed by atoms with Crippen molar-refractivity contribution in [3.05, 3.63) is 12.2 Å². The predicted molar refractivity (Wildman–Crippen MR) is 54.5 cm³/mol. The van der Waals surface area contributed by atoms with E-state index in [4.69, 9.17) is 4.74 Å². The van der Waals surface area contributed by atoms with Gasteiger partial charge in [-0.15, -0.1) is 11.8 Å². The first-order valence-corrected chi connectivity index (χ1v) is 5.92. The van der Waals surface area contributed by atoms with E-state index in [1.807, 2.05) is 0 Å². The molecule has 1 fully saturated rings. The molecule has 0 saturated carbocycles. The fraction of sp³-hybridized carbons (Fsp3) is 0.625. The molecule has 12 heavy (non-hydrogen) atoms. The normalized spacial score (nSPS) is 24.8. The Morgan fingerprint density at radius 1 is 1.67 bits per heavy atom. The van der Waals surface area contributed by atoms with Gasteiger partial charge in [0.1, 0.15) is 0 Å². The lowest BCUT2D eigenvalue weighted by molar-refractivity contribution is -0.141. The van der Waals surface area contributed by atoms with Crippen molar-refractivity contribution >= 4 is 29.5 Å². The number of rotatable bonds is 1. The van der Waals surface area contributed by atoms with E-state index in [9.17, 15) is 4.79 Å². The fourth-order valence-electron chi connectivity index (χ4n) is 0.853. The minimum atomic E-state index is -0.194. The number of carbonyl (C=O) groups excluding carboxylic acids is 1. The molecule has 2 nitrogen and oxygen atoms in total. The van der Waals surface area contributed by atoms with Crippen molar-refractivity contribution in [1.82, 2.24) is 0 Å². The van der Waals surface area contributed by atoms with Crippen molar-refractivity contribution in [2.24, 2.45) is 0 Å². The number of hydrogen-bond acceptors (Lipinski definition) is 4. The topological polar surface area (TPSA) is 26.3 Å². The van der Waals surface area contributed by atoms with Crippen LogP contribution in [0, 0.1) is 0 Å². The summed E-state index contributed by atoms with van der Waals surface area (Å²) in [6, 6.07) is 0. The Bertz CT molecular complexity index is 191. The Balaban J connectivity index is 2.35. The maximum atomic E-state index is 10.6. The van der Waals surface area contributed by atoms with Crippen molar-refractivity contribution in [3.8, 4) is 0 Å². The number of thioether (sulfide) groups is 2. The van der Waals surface area contributed by atoms with Crippen LogP contribution in [0.4, 0.5) is 0 Å². The summed E-state index contributed by atoms with van der Waals surface area (Å²) in [6.07, 6.45) is 0. The van der Waals surface area contributed by atoms with Crippen LogP contribution in [0.1, 0.15) is 6.92 Å². The Hall–Kier alpha value is -0.0900.